The summed E-state index contributed by atoms with van der Waals surface area (Å²) < 4.78 is 0. The molecular weight excluding hydrogens is 276 g/mol. The molecule has 2 aliphatic rings. The summed E-state index contributed by atoms with van der Waals surface area (Å²) in [5.74, 6) is 2.60. The Hall–Kier alpha value is -1.26. The highest BCUT2D eigenvalue weighted by Crippen LogP contribution is 2.23. The zero-order valence-electron chi connectivity index (χ0n) is 14.5. The third-order valence-electron chi connectivity index (χ3n) is 4.55. The van der Waals surface area contributed by atoms with Gasteiger partial charge in [0.1, 0.15) is 6.54 Å². The zero-order valence-corrected chi connectivity index (χ0v) is 14.5. The van der Waals surface area contributed by atoms with Crippen LogP contribution in [0.1, 0.15) is 46.5 Å². The Morgan fingerprint density at radius 2 is 1.95 bits per heavy atom. The van der Waals surface area contributed by atoms with Gasteiger partial charge in [-0.25, -0.2) is 4.99 Å². The monoisotopic (exact) mass is 308 g/mol. The third kappa shape index (κ3) is 4.89. The molecule has 0 aromatic carbocycles. The van der Waals surface area contributed by atoms with Gasteiger partial charge in [0.25, 0.3) is 0 Å². The van der Waals surface area contributed by atoms with Crippen LogP contribution >= 0.6 is 0 Å². The first kappa shape index (κ1) is 17.1. The highest BCUT2D eigenvalue weighted by molar-refractivity contribution is 5.85. The van der Waals surface area contributed by atoms with Crippen LogP contribution in [0.4, 0.5) is 0 Å². The maximum Gasteiger partial charge on any atom is 0.244 e. The van der Waals surface area contributed by atoms with Crippen LogP contribution in [0.3, 0.4) is 0 Å². The summed E-state index contributed by atoms with van der Waals surface area (Å²) in [6.07, 6.45) is 4.79. The van der Waals surface area contributed by atoms with Crippen molar-refractivity contribution in [1.82, 2.24) is 15.1 Å². The Bertz CT molecular complexity index is 388. The molecule has 2 saturated heterocycles. The first-order valence-electron chi connectivity index (χ1n) is 8.91. The third-order valence-corrected chi connectivity index (χ3v) is 4.55. The summed E-state index contributed by atoms with van der Waals surface area (Å²) in [6, 6.07) is 0. The zero-order chi connectivity index (χ0) is 15.9. The van der Waals surface area contributed by atoms with Crippen LogP contribution in [0.15, 0.2) is 4.99 Å². The van der Waals surface area contributed by atoms with E-state index in [1.54, 1.807) is 0 Å². The van der Waals surface area contributed by atoms with E-state index in [1.165, 1.54) is 12.8 Å². The topological polar surface area (TPSA) is 47.9 Å². The molecule has 1 N–H and O–H groups in total. The Labute approximate surface area is 135 Å². The van der Waals surface area contributed by atoms with E-state index in [0.29, 0.717) is 0 Å². The average molecular weight is 308 g/mol. The van der Waals surface area contributed by atoms with Gasteiger partial charge in [-0.1, -0.05) is 13.8 Å². The van der Waals surface area contributed by atoms with Gasteiger partial charge in [0.2, 0.25) is 5.91 Å². The number of aliphatic imine (C=N–C) groups is 1. The molecule has 1 unspecified atom stereocenters. The minimum Gasteiger partial charge on any atom is -0.357 e. The van der Waals surface area contributed by atoms with Crippen LogP contribution < -0.4 is 5.32 Å². The summed E-state index contributed by atoms with van der Waals surface area (Å²) in [5, 5.41) is 3.35. The molecule has 22 heavy (non-hydrogen) atoms. The van der Waals surface area contributed by atoms with Crippen molar-refractivity contribution < 1.29 is 4.79 Å². The molecule has 0 saturated carbocycles. The van der Waals surface area contributed by atoms with E-state index < -0.39 is 0 Å². The van der Waals surface area contributed by atoms with E-state index in [9.17, 15) is 4.79 Å². The van der Waals surface area contributed by atoms with E-state index in [2.05, 4.69) is 36.0 Å². The van der Waals surface area contributed by atoms with Crippen molar-refractivity contribution in [3.05, 3.63) is 0 Å². The van der Waals surface area contributed by atoms with E-state index in [0.717, 1.165) is 63.4 Å². The normalized spacial score (nSPS) is 22.7. The standard InChI is InChI=1S/C17H32N4O/c1-4-18-17(19-12-16(22)20-8-5-6-9-20)21-10-7-15(13-21)11-14(2)3/h14-15H,4-13H2,1-3H3,(H,18,19). The molecule has 0 aliphatic carbocycles. The van der Waals surface area contributed by atoms with Crippen LogP contribution in [0.2, 0.25) is 0 Å². The summed E-state index contributed by atoms with van der Waals surface area (Å²) in [7, 11) is 0. The molecule has 2 rings (SSSR count). The van der Waals surface area contributed by atoms with Gasteiger partial charge in [0, 0.05) is 32.7 Å². The molecular formula is C17H32N4O. The second-order valence-corrected chi connectivity index (χ2v) is 6.99. The Balaban J connectivity index is 1.88. The van der Waals surface area contributed by atoms with Crippen LogP contribution in [0.25, 0.3) is 0 Å². The van der Waals surface area contributed by atoms with Crippen molar-refractivity contribution in [1.29, 1.82) is 0 Å². The van der Waals surface area contributed by atoms with Crippen molar-refractivity contribution in [3.8, 4) is 0 Å². The van der Waals surface area contributed by atoms with Gasteiger partial charge >= 0.3 is 0 Å². The summed E-state index contributed by atoms with van der Waals surface area (Å²) >= 11 is 0. The number of hydrogen-bond donors (Lipinski definition) is 1. The van der Waals surface area contributed by atoms with Crippen LogP contribution in [-0.2, 0) is 4.79 Å². The smallest absolute Gasteiger partial charge is 0.244 e. The summed E-state index contributed by atoms with van der Waals surface area (Å²) in [5.41, 5.74) is 0. The molecule has 1 amide bonds. The van der Waals surface area contributed by atoms with Gasteiger partial charge in [0.05, 0.1) is 0 Å². The first-order valence-corrected chi connectivity index (χ1v) is 8.91. The van der Waals surface area contributed by atoms with Crippen molar-refractivity contribution in [2.75, 3.05) is 39.3 Å². The van der Waals surface area contributed by atoms with Gasteiger partial charge in [-0.15, -0.1) is 0 Å². The molecule has 2 fully saturated rings. The fourth-order valence-electron chi connectivity index (χ4n) is 3.52. The summed E-state index contributed by atoms with van der Waals surface area (Å²) in [6.45, 7) is 11.7. The second kappa shape index (κ2) is 8.39. The largest absolute Gasteiger partial charge is 0.357 e. The molecule has 0 aromatic rings. The fourth-order valence-corrected chi connectivity index (χ4v) is 3.52. The van der Waals surface area contributed by atoms with E-state index in [4.69, 9.17) is 0 Å². The molecule has 1 atom stereocenters. The van der Waals surface area contributed by atoms with Crippen molar-refractivity contribution in [2.24, 2.45) is 16.8 Å². The molecule has 2 heterocycles. The molecule has 5 nitrogen and oxygen atoms in total. The fraction of sp³-hybridized carbons (Fsp3) is 0.882. The number of hydrogen-bond acceptors (Lipinski definition) is 2. The van der Waals surface area contributed by atoms with E-state index in [1.807, 2.05) is 4.90 Å². The number of guanidine groups is 1. The lowest BCUT2D eigenvalue weighted by molar-refractivity contribution is -0.128. The summed E-state index contributed by atoms with van der Waals surface area (Å²) in [4.78, 5) is 21.0. The predicted octanol–water partition coefficient (Wildman–Crippen LogP) is 1.94. The van der Waals surface area contributed by atoms with Gasteiger partial charge in [-0.05, 0) is 44.4 Å². The SMILES string of the molecule is CCNC(=NCC(=O)N1CCCC1)N1CCC(CC(C)C)C1. The highest BCUT2D eigenvalue weighted by atomic mass is 16.2. The van der Waals surface area contributed by atoms with E-state index >= 15 is 0 Å². The molecule has 5 heteroatoms. The molecule has 2 aliphatic heterocycles. The second-order valence-electron chi connectivity index (χ2n) is 6.99. The minimum atomic E-state index is 0.172. The molecule has 0 spiro atoms. The van der Waals surface area contributed by atoms with Gasteiger partial charge in [0.15, 0.2) is 5.96 Å². The van der Waals surface area contributed by atoms with Gasteiger partial charge < -0.3 is 15.1 Å². The number of nitrogens with zero attached hydrogens (tertiary/aromatic N) is 3. The number of carbonyl (C=O) groups is 1. The quantitative estimate of drug-likeness (QED) is 0.624. The lowest BCUT2D eigenvalue weighted by atomic mass is 9.97. The Morgan fingerprint density at radius 3 is 2.59 bits per heavy atom. The Kier molecular flexibility index (Phi) is 6.52. The lowest BCUT2D eigenvalue weighted by Gasteiger charge is -2.22. The van der Waals surface area contributed by atoms with Crippen molar-refractivity contribution in [2.45, 2.75) is 46.5 Å². The molecule has 0 aromatic heterocycles. The van der Waals surface area contributed by atoms with Crippen LogP contribution in [-0.4, -0.2) is 60.9 Å². The number of rotatable bonds is 5. The highest BCUT2D eigenvalue weighted by Gasteiger charge is 2.25. The maximum absolute atomic E-state index is 12.2. The maximum atomic E-state index is 12.2. The number of nitrogens with one attached hydrogen (secondary N) is 1. The molecule has 126 valence electrons. The van der Waals surface area contributed by atoms with Crippen molar-refractivity contribution in [3.63, 3.8) is 0 Å². The number of amides is 1. The first-order chi connectivity index (χ1) is 10.6. The number of carbonyl (C=O) groups excluding carboxylic acids is 1. The van der Waals surface area contributed by atoms with Crippen LogP contribution in [0, 0.1) is 11.8 Å². The number of likely N-dealkylation sites (tertiary alicyclic amines) is 2. The average Bonchev–Trinajstić information content (AvgIpc) is 3.13. The van der Waals surface area contributed by atoms with Gasteiger partial charge in [-0.3, -0.25) is 4.79 Å². The minimum absolute atomic E-state index is 0.172. The molecule has 0 bridgehead atoms. The van der Waals surface area contributed by atoms with Crippen LogP contribution in [0.5, 0.6) is 0 Å². The van der Waals surface area contributed by atoms with Crippen molar-refractivity contribution >= 4 is 11.9 Å². The Morgan fingerprint density at radius 1 is 1.23 bits per heavy atom. The van der Waals surface area contributed by atoms with Gasteiger partial charge in [-0.2, -0.15) is 0 Å². The van der Waals surface area contributed by atoms with E-state index in [-0.39, 0.29) is 12.5 Å². The molecule has 0 radical (unpaired) electrons. The predicted molar refractivity (Wildman–Crippen MR) is 90.9 cm³/mol. The lowest BCUT2D eigenvalue weighted by Crippen LogP contribution is -2.41.